The van der Waals surface area contributed by atoms with Gasteiger partial charge in [0, 0.05) is 18.5 Å². The molecule has 20 heavy (non-hydrogen) atoms. The maximum atomic E-state index is 12.2. The highest BCUT2D eigenvalue weighted by molar-refractivity contribution is 6.35. The molecule has 6 nitrogen and oxygen atoms in total. The lowest BCUT2D eigenvalue weighted by Crippen LogP contribution is -2.09. The summed E-state index contributed by atoms with van der Waals surface area (Å²) in [6, 6.07) is 2.88. The van der Waals surface area contributed by atoms with Gasteiger partial charge in [-0.1, -0.05) is 11.6 Å². The number of aromatic nitrogens is 1. The van der Waals surface area contributed by atoms with Gasteiger partial charge in [-0.2, -0.15) is 0 Å². The zero-order chi connectivity index (χ0) is 14.6. The second-order valence-electron chi connectivity index (χ2n) is 4.88. The molecule has 1 aromatic carbocycles. The van der Waals surface area contributed by atoms with E-state index in [1.807, 2.05) is 0 Å². The van der Waals surface area contributed by atoms with Crippen LogP contribution in [0, 0.1) is 11.8 Å². The summed E-state index contributed by atoms with van der Waals surface area (Å²) in [5, 5.41) is 9.07. The second kappa shape index (κ2) is 4.21. The molecule has 2 aromatic rings. The van der Waals surface area contributed by atoms with Gasteiger partial charge in [-0.25, -0.2) is 4.79 Å². The van der Waals surface area contributed by atoms with Crippen molar-refractivity contribution in [2.24, 2.45) is 18.9 Å². The Hall–Kier alpha value is -2.08. The summed E-state index contributed by atoms with van der Waals surface area (Å²) in [6.45, 7) is 0. The smallest absolute Gasteiger partial charge is 0.419 e. The third-order valence-corrected chi connectivity index (χ3v) is 3.85. The summed E-state index contributed by atoms with van der Waals surface area (Å²) in [5.74, 6) is -2.97. The van der Waals surface area contributed by atoms with Gasteiger partial charge in [0.15, 0.2) is 11.4 Å². The quantitative estimate of drug-likeness (QED) is 0.870. The number of rotatable bonds is 3. The van der Waals surface area contributed by atoms with Crippen molar-refractivity contribution in [3.8, 4) is 0 Å². The number of fused-ring (bicyclic) bond motifs is 1. The summed E-state index contributed by atoms with van der Waals surface area (Å²) >= 11 is 6.06. The van der Waals surface area contributed by atoms with Crippen molar-refractivity contribution in [1.29, 1.82) is 0 Å². The lowest BCUT2D eigenvalue weighted by Gasteiger charge is -2.02. The van der Waals surface area contributed by atoms with Gasteiger partial charge in [0.2, 0.25) is 0 Å². The summed E-state index contributed by atoms with van der Waals surface area (Å²) < 4.78 is 6.25. The van der Waals surface area contributed by atoms with E-state index in [1.54, 1.807) is 0 Å². The van der Waals surface area contributed by atoms with Gasteiger partial charge in [0.1, 0.15) is 5.52 Å². The molecule has 7 heteroatoms. The van der Waals surface area contributed by atoms with Gasteiger partial charge in [-0.05, 0) is 18.6 Å². The van der Waals surface area contributed by atoms with Crippen LogP contribution in [0.2, 0.25) is 5.02 Å². The minimum absolute atomic E-state index is 0.223. The number of benzene rings is 1. The third-order valence-electron chi connectivity index (χ3n) is 3.56. The van der Waals surface area contributed by atoms with E-state index in [9.17, 15) is 14.4 Å². The van der Waals surface area contributed by atoms with Crippen molar-refractivity contribution in [2.45, 2.75) is 6.42 Å². The van der Waals surface area contributed by atoms with Crippen LogP contribution in [-0.2, 0) is 11.8 Å². The van der Waals surface area contributed by atoms with E-state index in [2.05, 4.69) is 0 Å². The topological polar surface area (TPSA) is 89.5 Å². The van der Waals surface area contributed by atoms with Gasteiger partial charge in [-0.15, -0.1) is 0 Å². The highest BCUT2D eigenvalue weighted by Crippen LogP contribution is 2.41. The molecule has 0 saturated heterocycles. The van der Waals surface area contributed by atoms with E-state index >= 15 is 0 Å². The lowest BCUT2D eigenvalue weighted by molar-refractivity contribution is -0.138. The van der Waals surface area contributed by atoms with Gasteiger partial charge in [0.25, 0.3) is 0 Å². The SMILES string of the molecule is Cn1c(=O)oc2cc(C(=O)C3CC3C(=O)O)cc(Cl)c21. The number of carboxylic acid groups (broad SMARTS) is 1. The first-order valence-corrected chi connectivity index (χ1v) is 6.34. The molecule has 0 amide bonds. The zero-order valence-corrected chi connectivity index (χ0v) is 11.2. The predicted molar refractivity (Wildman–Crippen MR) is 70.0 cm³/mol. The van der Waals surface area contributed by atoms with Crippen LogP contribution in [0.15, 0.2) is 21.3 Å². The maximum absolute atomic E-state index is 12.2. The Morgan fingerprint density at radius 2 is 2.10 bits per heavy atom. The summed E-state index contributed by atoms with van der Waals surface area (Å²) in [5.41, 5.74) is 0.908. The van der Waals surface area contributed by atoms with E-state index in [4.69, 9.17) is 21.1 Å². The molecule has 1 fully saturated rings. The van der Waals surface area contributed by atoms with Crippen LogP contribution >= 0.6 is 11.6 Å². The Bertz CT molecular complexity index is 803. The molecule has 0 aliphatic heterocycles. The van der Waals surface area contributed by atoms with Crippen LogP contribution in [0.25, 0.3) is 11.1 Å². The molecule has 1 N–H and O–H groups in total. The molecular formula is C13H10ClNO5. The van der Waals surface area contributed by atoms with E-state index in [-0.39, 0.29) is 22.0 Å². The van der Waals surface area contributed by atoms with E-state index in [1.165, 1.54) is 23.7 Å². The average molecular weight is 296 g/mol. The standard InChI is InChI=1S/C13H10ClNO5/c1-15-10-8(14)2-5(3-9(10)20-13(15)19)11(16)6-4-7(6)12(17)18/h2-3,6-7H,4H2,1H3,(H,17,18). The summed E-state index contributed by atoms with van der Waals surface area (Å²) in [6.07, 6.45) is 0.336. The van der Waals surface area contributed by atoms with Crippen molar-refractivity contribution in [3.05, 3.63) is 33.3 Å². The highest BCUT2D eigenvalue weighted by Gasteiger charge is 2.48. The molecule has 0 spiro atoms. The van der Waals surface area contributed by atoms with Gasteiger partial charge in [0.05, 0.1) is 10.9 Å². The second-order valence-corrected chi connectivity index (χ2v) is 5.29. The van der Waals surface area contributed by atoms with Crippen LogP contribution in [0.3, 0.4) is 0 Å². The highest BCUT2D eigenvalue weighted by atomic mass is 35.5. The molecule has 1 aromatic heterocycles. The molecule has 3 rings (SSSR count). The minimum atomic E-state index is -0.971. The van der Waals surface area contributed by atoms with E-state index in [0.29, 0.717) is 11.9 Å². The number of oxazole rings is 1. The number of aliphatic carboxylic acids is 1. The summed E-state index contributed by atoms with van der Waals surface area (Å²) in [4.78, 5) is 34.4. The summed E-state index contributed by atoms with van der Waals surface area (Å²) in [7, 11) is 1.52. The number of hydrogen-bond donors (Lipinski definition) is 1. The number of hydrogen-bond acceptors (Lipinski definition) is 4. The molecule has 2 unspecified atom stereocenters. The number of carboxylic acids is 1. The lowest BCUT2D eigenvalue weighted by atomic mass is 10.1. The minimum Gasteiger partial charge on any atom is -0.481 e. The first-order chi connectivity index (χ1) is 9.40. The molecule has 2 atom stereocenters. The van der Waals surface area contributed by atoms with E-state index < -0.39 is 23.6 Å². The average Bonchev–Trinajstić information content (AvgIpc) is 3.11. The molecule has 104 valence electrons. The number of halogens is 1. The molecule has 1 saturated carbocycles. The Balaban J connectivity index is 2.04. The molecule has 1 aliphatic rings. The van der Waals surface area contributed by atoms with Crippen LogP contribution in [0.1, 0.15) is 16.8 Å². The number of Topliss-reactive ketones (excluding diaryl/α,β-unsaturated/α-hetero) is 1. The maximum Gasteiger partial charge on any atom is 0.419 e. The van der Waals surface area contributed by atoms with Crippen molar-refractivity contribution in [2.75, 3.05) is 0 Å². The Labute approximate surface area is 117 Å². The van der Waals surface area contributed by atoms with Gasteiger partial charge < -0.3 is 9.52 Å². The largest absolute Gasteiger partial charge is 0.481 e. The van der Waals surface area contributed by atoms with Crippen molar-refractivity contribution in [1.82, 2.24) is 4.57 Å². The molecule has 0 bridgehead atoms. The normalized spacial score (nSPS) is 21.1. The van der Waals surface area contributed by atoms with Crippen LogP contribution < -0.4 is 5.76 Å². The van der Waals surface area contributed by atoms with E-state index in [0.717, 1.165) is 0 Å². The predicted octanol–water partition coefficient (Wildman–Crippen LogP) is 1.69. The van der Waals surface area contributed by atoms with Crippen molar-refractivity contribution < 1.29 is 19.1 Å². The Morgan fingerprint density at radius 3 is 2.70 bits per heavy atom. The van der Waals surface area contributed by atoms with Crippen molar-refractivity contribution in [3.63, 3.8) is 0 Å². The van der Waals surface area contributed by atoms with Crippen molar-refractivity contribution >= 4 is 34.5 Å². The number of nitrogens with zero attached hydrogens (tertiary/aromatic N) is 1. The van der Waals surface area contributed by atoms with Crippen LogP contribution in [0.4, 0.5) is 0 Å². The number of carbonyl (C=O) groups excluding carboxylic acids is 1. The third kappa shape index (κ3) is 1.84. The zero-order valence-electron chi connectivity index (χ0n) is 10.4. The number of carbonyl (C=O) groups is 2. The molecule has 0 radical (unpaired) electrons. The molecule has 1 heterocycles. The fraction of sp³-hybridized carbons (Fsp3) is 0.308. The number of ketones is 1. The monoisotopic (exact) mass is 295 g/mol. The van der Waals surface area contributed by atoms with Gasteiger partial charge >= 0.3 is 11.7 Å². The molecular weight excluding hydrogens is 286 g/mol. The Kier molecular flexibility index (Phi) is 2.72. The first-order valence-electron chi connectivity index (χ1n) is 5.96. The Morgan fingerprint density at radius 1 is 1.40 bits per heavy atom. The fourth-order valence-electron chi connectivity index (χ4n) is 2.34. The molecule has 1 aliphatic carbocycles. The first kappa shape index (κ1) is 12.9. The fourth-order valence-corrected chi connectivity index (χ4v) is 2.68. The van der Waals surface area contributed by atoms with Gasteiger partial charge in [-0.3, -0.25) is 14.2 Å². The number of aryl methyl sites for hydroxylation is 1. The van der Waals surface area contributed by atoms with Crippen LogP contribution in [-0.4, -0.2) is 21.4 Å². The van der Waals surface area contributed by atoms with Crippen LogP contribution in [0.5, 0.6) is 0 Å².